The molecule has 3 aromatic heterocycles. The predicted molar refractivity (Wildman–Crippen MR) is 147 cm³/mol. The summed E-state index contributed by atoms with van der Waals surface area (Å²) in [6.45, 7) is 6.17. The molecule has 2 amide bonds. The third kappa shape index (κ3) is 6.82. The van der Waals surface area contributed by atoms with Gasteiger partial charge in [0, 0.05) is 16.8 Å². The molecule has 0 unspecified atom stereocenters. The summed E-state index contributed by atoms with van der Waals surface area (Å²) in [7, 11) is 0. The average molecular weight is 691 g/mol. The Morgan fingerprint density at radius 3 is 2.40 bits per heavy atom. The molecule has 0 radical (unpaired) electrons. The van der Waals surface area contributed by atoms with Gasteiger partial charge in [-0.1, -0.05) is 11.6 Å². The lowest BCUT2D eigenvalue weighted by Crippen LogP contribution is -2.41. The van der Waals surface area contributed by atoms with E-state index in [1.165, 1.54) is 18.3 Å². The number of benzene rings is 1. The van der Waals surface area contributed by atoms with Crippen molar-refractivity contribution >= 4 is 45.0 Å². The first-order valence-electron chi connectivity index (χ1n) is 12.2. The van der Waals surface area contributed by atoms with Crippen molar-refractivity contribution in [2.75, 3.05) is 5.32 Å². The fourth-order valence-corrected chi connectivity index (χ4v) is 4.55. The highest BCUT2D eigenvalue weighted by Gasteiger charge is 2.62. The van der Waals surface area contributed by atoms with E-state index in [4.69, 9.17) is 11.6 Å². The van der Waals surface area contributed by atoms with Crippen LogP contribution in [0.25, 0.3) is 5.82 Å². The Hall–Kier alpha value is -3.99. The number of anilines is 1. The van der Waals surface area contributed by atoms with Crippen LogP contribution in [0.5, 0.6) is 0 Å². The van der Waals surface area contributed by atoms with Crippen molar-refractivity contribution < 1.29 is 31.5 Å². The maximum atomic E-state index is 14.1. The molecule has 2 N–H and O–H groups in total. The number of hydrogen-bond donors (Lipinski definition) is 2. The zero-order chi connectivity index (χ0) is 31.9. The van der Waals surface area contributed by atoms with Crippen LogP contribution in [0.4, 0.5) is 27.6 Å². The molecular formula is C25H22BrClF5N9O2. The van der Waals surface area contributed by atoms with E-state index in [0.29, 0.717) is 10.0 Å². The molecule has 11 nitrogen and oxygen atoms in total. The molecule has 0 fully saturated rings. The quantitative estimate of drug-likeness (QED) is 0.246. The molecule has 0 aliphatic heterocycles. The Kier molecular flexibility index (Phi) is 8.61. The van der Waals surface area contributed by atoms with Gasteiger partial charge in [0.25, 0.3) is 11.8 Å². The maximum Gasteiger partial charge on any atom is 0.461 e. The van der Waals surface area contributed by atoms with Crippen molar-refractivity contribution in [2.45, 2.75) is 51.9 Å². The minimum absolute atomic E-state index is 0.0614. The van der Waals surface area contributed by atoms with Crippen molar-refractivity contribution in [2.24, 2.45) is 0 Å². The number of rotatable bonds is 7. The normalized spacial score (nSPS) is 12.3. The van der Waals surface area contributed by atoms with Crippen LogP contribution >= 0.6 is 27.5 Å². The number of pyridine rings is 1. The fraction of sp³-hybridized carbons (Fsp3) is 0.320. The summed E-state index contributed by atoms with van der Waals surface area (Å²) >= 11 is 9.50. The highest BCUT2D eigenvalue weighted by Crippen LogP contribution is 2.42. The lowest BCUT2D eigenvalue weighted by molar-refractivity contribution is -0.293. The lowest BCUT2D eigenvalue weighted by atomic mass is 10.0. The monoisotopic (exact) mass is 689 g/mol. The van der Waals surface area contributed by atoms with Gasteiger partial charge in [-0.2, -0.15) is 27.1 Å². The van der Waals surface area contributed by atoms with E-state index in [0.717, 1.165) is 10.7 Å². The van der Waals surface area contributed by atoms with Crippen LogP contribution in [-0.4, -0.2) is 58.5 Å². The third-order valence-electron chi connectivity index (χ3n) is 5.68. The van der Waals surface area contributed by atoms with Gasteiger partial charge in [0.05, 0.1) is 28.0 Å². The van der Waals surface area contributed by atoms with Gasteiger partial charge in [-0.3, -0.25) is 9.59 Å². The molecule has 0 atom stereocenters. The van der Waals surface area contributed by atoms with Crippen LogP contribution in [0.3, 0.4) is 0 Å². The summed E-state index contributed by atoms with van der Waals surface area (Å²) in [4.78, 5) is 31.0. The zero-order valence-electron chi connectivity index (χ0n) is 22.8. The van der Waals surface area contributed by atoms with Gasteiger partial charge in [-0.25, -0.2) is 14.3 Å². The van der Waals surface area contributed by atoms with E-state index in [2.05, 4.69) is 52.2 Å². The summed E-state index contributed by atoms with van der Waals surface area (Å²) in [5.41, 5.74) is -0.357. The number of aromatic nitrogens is 7. The van der Waals surface area contributed by atoms with E-state index in [1.807, 2.05) is 0 Å². The summed E-state index contributed by atoms with van der Waals surface area (Å²) in [5, 5.41) is 19.0. The molecule has 18 heteroatoms. The molecule has 0 bridgehead atoms. The second kappa shape index (κ2) is 11.6. The van der Waals surface area contributed by atoms with Gasteiger partial charge in [-0.15, -0.1) is 5.10 Å². The van der Waals surface area contributed by atoms with Gasteiger partial charge in [0.2, 0.25) is 5.82 Å². The van der Waals surface area contributed by atoms with Crippen LogP contribution in [0.15, 0.2) is 41.0 Å². The Balaban J connectivity index is 1.78. The predicted octanol–water partition coefficient (Wildman–Crippen LogP) is 5.46. The van der Waals surface area contributed by atoms with Crippen LogP contribution in [0.1, 0.15) is 58.7 Å². The number of carbonyl (C=O) groups excluding carboxylic acids is 2. The van der Waals surface area contributed by atoms with Gasteiger partial charge in [-0.05, 0) is 89.9 Å². The molecule has 43 heavy (non-hydrogen) atoms. The molecule has 1 aromatic carbocycles. The maximum absolute atomic E-state index is 14.1. The Morgan fingerprint density at radius 1 is 1.07 bits per heavy atom. The highest BCUT2D eigenvalue weighted by atomic mass is 79.9. The third-order valence-corrected chi connectivity index (χ3v) is 6.52. The number of tetrazole rings is 1. The number of nitrogens with one attached hydrogen (secondary N) is 2. The van der Waals surface area contributed by atoms with E-state index >= 15 is 0 Å². The number of alkyl halides is 5. The van der Waals surface area contributed by atoms with Gasteiger partial charge < -0.3 is 10.6 Å². The van der Waals surface area contributed by atoms with Crippen LogP contribution in [-0.2, 0) is 12.5 Å². The van der Waals surface area contributed by atoms with Crippen molar-refractivity contribution in [3.05, 3.63) is 74.4 Å². The first kappa shape index (κ1) is 31.9. The van der Waals surface area contributed by atoms with E-state index in [1.54, 1.807) is 39.8 Å². The molecule has 0 spiro atoms. The van der Waals surface area contributed by atoms with Crippen LogP contribution in [0.2, 0.25) is 5.02 Å². The molecule has 4 aromatic rings. The first-order valence-corrected chi connectivity index (χ1v) is 13.4. The van der Waals surface area contributed by atoms with Crippen molar-refractivity contribution in [1.82, 2.24) is 40.3 Å². The SMILES string of the molecule is Cc1cc(Cl)cc(C(=O)NC(C)(C)C)c1NC(=O)c1cc(Cn2nnnc2C(F)(F)C(F)(F)F)nn1-c1ncccc1Br. The molecule has 0 saturated carbocycles. The standard InChI is InChI=1S/C25H22BrClF5N9O2/c1-12-8-13(27)9-15(20(42)35-23(2,3)4)18(12)34-21(43)17-10-14(37-41(17)19-16(26)6-5-7-33-19)11-40-22(36-38-39-40)24(28,29)25(30,31)32/h5-10H,11H2,1-4H3,(H,34,43)(H,35,42). The minimum atomic E-state index is -5.96. The molecule has 4 rings (SSSR count). The number of amides is 2. The Labute approximate surface area is 253 Å². The smallest absolute Gasteiger partial charge is 0.347 e. The first-order chi connectivity index (χ1) is 19.9. The van der Waals surface area contributed by atoms with E-state index < -0.39 is 41.8 Å². The molecule has 0 aliphatic carbocycles. The number of nitrogens with zero attached hydrogens (tertiary/aromatic N) is 7. The zero-order valence-corrected chi connectivity index (χ0v) is 25.1. The molecular weight excluding hydrogens is 669 g/mol. The molecule has 228 valence electrons. The topological polar surface area (TPSA) is 133 Å². The summed E-state index contributed by atoms with van der Waals surface area (Å²) in [5.74, 6) is -8.36. The van der Waals surface area contributed by atoms with Crippen molar-refractivity contribution in [3.8, 4) is 5.82 Å². The van der Waals surface area contributed by atoms with Gasteiger partial charge in [0.1, 0.15) is 5.69 Å². The summed E-state index contributed by atoms with van der Waals surface area (Å²) in [6.07, 6.45) is -4.57. The minimum Gasteiger partial charge on any atom is -0.347 e. The summed E-state index contributed by atoms with van der Waals surface area (Å²) < 4.78 is 68.9. The average Bonchev–Trinajstić information content (AvgIpc) is 3.52. The van der Waals surface area contributed by atoms with Crippen LogP contribution in [0, 0.1) is 6.92 Å². The molecule has 0 saturated heterocycles. The second-order valence-electron chi connectivity index (χ2n) is 10.3. The van der Waals surface area contributed by atoms with Crippen LogP contribution < -0.4 is 10.6 Å². The van der Waals surface area contributed by atoms with Gasteiger partial charge >= 0.3 is 12.1 Å². The number of aryl methyl sites for hydroxylation is 1. The van der Waals surface area contributed by atoms with Gasteiger partial charge in [0.15, 0.2) is 5.82 Å². The molecule has 0 aliphatic rings. The van der Waals surface area contributed by atoms with Crippen molar-refractivity contribution in [1.29, 1.82) is 0 Å². The number of halogens is 7. The Morgan fingerprint density at radius 2 is 1.77 bits per heavy atom. The number of hydrogen-bond acceptors (Lipinski definition) is 7. The van der Waals surface area contributed by atoms with E-state index in [9.17, 15) is 31.5 Å². The van der Waals surface area contributed by atoms with Crippen molar-refractivity contribution in [3.63, 3.8) is 0 Å². The largest absolute Gasteiger partial charge is 0.461 e. The molecule has 3 heterocycles. The lowest BCUT2D eigenvalue weighted by Gasteiger charge is -2.22. The summed E-state index contributed by atoms with van der Waals surface area (Å²) in [6, 6.07) is 7.23. The number of carbonyl (C=O) groups is 2. The van der Waals surface area contributed by atoms with E-state index in [-0.39, 0.29) is 38.2 Å². The fourth-order valence-electron chi connectivity index (χ4n) is 3.85. The highest BCUT2D eigenvalue weighted by molar-refractivity contribution is 9.10. The Bertz CT molecular complexity index is 1700. The second-order valence-corrected chi connectivity index (χ2v) is 11.6.